The average molecular weight is 801 g/mol. The summed E-state index contributed by atoms with van der Waals surface area (Å²) in [5.41, 5.74) is 13.3. The number of aromatic nitrogens is 1. The second kappa shape index (κ2) is 16.7. The lowest BCUT2D eigenvalue weighted by Gasteiger charge is -2.34. The van der Waals surface area contributed by atoms with Gasteiger partial charge in [-0.15, -0.1) is 0 Å². The third kappa shape index (κ3) is 7.45. The van der Waals surface area contributed by atoms with Crippen molar-refractivity contribution in [3.8, 4) is 22.6 Å². The van der Waals surface area contributed by atoms with Gasteiger partial charge >= 0.3 is 0 Å². The zero-order valence-corrected chi connectivity index (χ0v) is 34.7. The van der Waals surface area contributed by atoms with Crippen molar-refractivity contribution in [2.24, 2.45) is 11.8 Å². The smallest absolute Gasteiger partial charge is 0.227 e. The Balaban J connectivity index is 0.900. The zero-order valence-electron chi connectivity index (χ0n) is 34.7. The molecule has 0 bridgehead atoms. The molecule has 300 valence electrons. The Morgan fingerprint density at radius 3 is 2.26 bits per heavy atom. The van der Waals surface area contributed by atoms with E-state index in [2.05, 4.69) is 223 Å². The molecule has 4 unspecified atom stereocenters. The molecule has 11 rings (SSSR count). The molecule has 0 N–H and O–H groups in total. The van der Waals surface area contributed by atoms with Crippen molar-refractivity contribution in [2.75, 3.05) is 4.90 Å². The minimum absolute atomic E-state index is 0.126. The predicted molar refractivity (Wildman–Crippen MR) is 259 cm³/mol. The highest BCUT2D eigenvalue weighted by Crippen LogP contribution is 2.44. The molecule has 6 aromatic rings. The van der Waals surface area contributed by atoms with E-state index in [1.165, 1.54) is 61.1 Å². The Morgan fingerprint density at radius 2 is 1.39 bits per heavy atom. The van der Waals surface area contributed by atoms with Gasteiger partial charge in [0.1, 0.15) is 5.69 Å². The van der Waals surface area contributed by atoms with Gasteiger partial charge < -0.3 is 9.32 Å². The molecule has 4 atom stereocenters. The molecule has 0 fully saturated rings. The lowest BCUT2D eigenvalue weighted by atomic mass is 9.76. The SMILES string of the molecule is C1=CC2=CC=CC(c3ccc(N(c4ccc(-c5ccccc5)cc4)C4/C=C\C/C=C\C=C(\C5=CCC6C=Cc7nc(-c8ccc9ccccc9c8)oc7C6=C5)CC4)cc3)C2C=C1. The molecule has 1 heterocycles. The van der Waals surface area contributed by atoms with E-state index in [0.29, 0.717) is 17.7 Å². The Morgan fingerprint density at radius 1 is 0.613 bits per heavy atom. The molecule has 5 aliphatic rings. The minimum atomic E-state index is 0.126. The van der Waals surface area contributed by atoms with E-state index < -0.39 is 0 Å². The molecule has 0 amide bonds. The fraction of sp³-hybridized carbons (Fsp3) is 0.136. The van der Waals surface area contributed by atoms with Gasteiger partial charge in [-0.2, -0.15) is 0 Å². The summed E-state index contributed by atoms with van der Waals surface area (Å²) in [6.07, 6.45) is 40.3. The van der Waals surface area contributed by atoms with E-state index in [1.54, 1.807) is 0 Å². The molecule has 0 saturated heterocycles. The number of nitrogens with zero attached hydrogens (tertiary/aromatic N) is 2. The second-order valence-corrected chi connectivity index (χ2v) is 16.9. The maximum atomic E-state index is 6.66. The fourth-order valence-corrected chi connectivity index (χ4v) is 9.80. The summed E-state index contributed by atoms with van der Waals surface area (Å²) in [6, 6.07) is 44.2. The molecular formula is C59H48N2O. The van der Waals surface area contributed by atoms with E-state index in [-0.39, 0.29) is 12.0 Å². The van der Waals surface area contributed by atoms with Crippen LogP contribution < -0.4 is 4.90 Å². The van der Waals surface area contributed by atoms with Crippen LogP contribution >= 0.6 is 0 Å². The third-order valence-corrected chi connectivity index (χ3v) is 13.1. The van der Waals surface area contributed by atoms with Crippen LogP contribution in [0.3, 0.4) is 0 Å². The Hall–Kier alpha value is -7.23. The molecule has 0 aliphatic heterocycles. The van der Waals surface area contributed by atoms with Gasteiger partial charge in [-0.1, -0.05) is 170 Å². The molecular weight excluding hydrogens is 753 g/mol. The number of benzene rings is 5. The van der Waals surface area contributed by atoms with Gasteiger partial charge in [0, 0.05) is 40.3 Å². The largest absolute Gasteiger partial charge is 0.436 e. The van der Waals surface area contributed by atoms with Crippen LogP contribution in [0, 0.1) is 11.8 Å². The van der Waals surface area contributed by atoms with Crippen molar-refractivity contribution in [2.45, 2.75) is 37.6 Å². The van der Waals surface area contributed by atoms with Crippen LogP contribution in [0.1, 0.15) is 48.6 Å². The van der Waals surface area contributed by atoms with Crippen LogP contribution in [0.4, 0.5) is 11.4 Å². The highest BCUT2D eigenvalue weighted by molar-refractivity contribution is 5.87. The molecule has 62 heavy (non-hydrogen) atoms. The number of hydrogen-bond acceptors (Lipinski definition) is 3. The summed E-state index contributed by atoms with van der Waals surface area (Å²) in [5, 5.41) is 2.40. The zero-order chi connectivity index (χ0) is 41.2. The van der Waals surface area contributed by atoms with Crippen LogP contribution in [-0.2, 0) is 0 Å². The first kappa shape index (κ1) is 37.7. The number of rotatable bonds is 7. The van der Waals surface area contributed by atoms with Gasteiger partial charge in [0.05, 0.1) is 6.04 Å². The van der Waals surface area contributed by atoms with Crippen molar-refractivity contribution in [1.29, 1.82) is 0 Å². The van der Waals surface area contributed by atoms with Crippen molar-refractivity contribution >= 4 is 33.8 Å². The van der Waals surface area contributed by atoms with Crippen molar-refractivity contribution in [1.82, 2.24) is 4.98 Å². The van der Waals surface area contributed by atoms with Gasteiger partial charge in [0.2, 0.25) is 5.89 Å². The quantitative estimate of drug-likeness (QED) is 0.151. The first-order valence-electron chi connectivity index (χ1n) is 22.1. The lowest BCUT2D eigenvalue weighted by Crippen LogP contribution is -2.30. The number of allylic oxidation sites excluding steroid dienone is 18. The number of anilines is 2. The van der Waals surface area contributed by atoms with E-state index in [4.69, 9.17) is 9.40 Å². The van der Waals surface area contributed by atoms with Gasteiger partial charge in [0.25, 0.3) is 0 Å². The summed E-state index contributed by atoms with van der Waals surface area (Å²) in [4.78, 5) is 7.55. The van der Waals surface area contributed by atoms with Crippen LogP contribution in [-0.4, -0.2) is 11.0 Å². The maximum Gasteiger partial charge on any atom is 0.227 e. The van der Waals surface area contributed by atoms with Gasteiger partial charge in [-0.3, -0.25) is 0 Å². The molecule has 3 heteroatoms. The first-order valence-corrected chi connectivity index (χ1v) is 22.1. The molecule has 0 spiro atoms. The molecule has 5 aromatic carbocycles. The summed E-state index contributed by atoms with van der Waals surface area (Å²) in [5.74, 6) is 2.51. The summed E-state index contributed by atoms with van der Waals surface area (Å²) in [7, 11) is 0. The normalized spacial score (nSPS) is 23.2. The minimum Gasteiger partial charge on any atom is -0.436 e. The van der Waals surface area contributed by atoms with Crippen LogP contribution in [0.5, 0.6) is 0 Å². The van der Waals surface area contributed by atoms with Crippen LogP contribution in [0.25, 0.3) is 45.0 Å². The maximum absolute atomic E-state index is 6.66. The monoisotopic (exact) mass is 800 g/mol. The molecule has 3 nitrogen and oxygen atoms in total. The van der Waals surface area contributed by atoms with Gasteiger partial charge in [-0.05, 0) is 118 Å². The molecule has 0 saturated carbocycles. The van der Waals surface area contributed by atoms with E-state index in [0.717, 1.165) is 42.7 Å². The van der Waals surface area contributed by atoms with Crippen LogP contribution in [0.15, 0.2) is 234 Å². The predicted octanol–water partition coefficient (Wildman–Crippen LogP) is 15.3. The third-order valence-electron chi connectivity index (χ3n) is 13.1. The molecule has 1 aromatic heterocycles. The Labute approximate surface area is 364 Å². The van der Waals surface area contributed by atoms with Crippen molar-refractivity contribution < 1.29 is 4.42 Å². The van der Waals surface area contributed by atoms with Crippen molar-refractivity contribution in [3.63, 3.8) is 0 Å². The summed E-state index contributed by atoms with van der Waals surface area (Å²) >= 11 is 0. The fourth-order valence-electron chi connectivity index (χ4n) is 9.80. The number of fused-ring (bicyclic) bond motifs is 5. The van der Waals surface area contributed by atoms with E-state index in [9.17, 15) is 0 Å². The standard InChI is InChI=1S/C59H48N2O/c1-2-7-20-51(33-27-43(15-4-1)49-25-24-47-32-38-57-58(56(47)40-49)62-59(60-57)50-26-23-42-16-8-9-18-48(42)39-50)61(52-34-28-44(29-35-52)41-13-5-3-6-14-41)53-36-30-46(31-37-53)55-22-12-19-45-17-10-11-21-54(45)55/h1,3-23,25-26,28-32,34-40,47,51,54-55H,2,24,27,33H2/b4-1-,20-7-,43-15+. The van der Waals surface area contributed by atoms with Crippen molar-refractivity contribution in [3.05, 3.63) is 246 Å². The first-order chi connectivity index (χ1) is 30.7. The molecule has 5 aliphatic carbocycles. The average Bonchev–Trinajstić information content (AvgIpc) is 3.79. The number of hydrogen-bond donors (Lipinski definition) is 0. The van der Waals surface area contributed by atoms with E-state index in [1.807, 2.05) is 0 Å². The Bertz CT molecular complexity index is 2960. The van der Waals surface area contributed by atoms with E-state index >= 15 is 0 Å². The molecule has 0 radical (unpaired) electrons. The number of oxazole rings is 1. The highest BCUT2D eigenvalue weighted by Gasteiger charge is 2.30. The topological polar surface area (TPSA) is 29.3 Å². The van der Waals surface area contributed by atoms with Crippen LogP contribution in [0.2, 0.25) is 0 Å². The lowest BCUT2D eigenvalue weighted by molar-refractivity contribution is 0.551. The van der Waals surface area contributed by atoms with Gasteiger partial charge in [-0.25, -0.2) is 4.98 Å². The Kier molecular flexibility index (Phi) is 10.1. The summed E-state index contributed by atoms with van der Waals surface area (Å²) in [6.45, 7) is 0. The summed E-state index contributed by atoms with van der Waals surface area (Å²) < 4.78 is 6.66. The second-order valence-electron chi connectivity index (χ2n) is 16.9. The van der Waals surface area contributed by atoms with Gasteiger partial charge in [0.15, 0.2) is 5.76 Å². The highest BCUT2D eigenvalue weighted by atomic mass is 16.4.